The van der Waals surface area contributed by atoms with Gasteiger partial charge in [0.15, 0.2) is 0 Å². The third-order valence-corrected chi connectivity index (χ3v) is 4.39. The molecule has 2 aromatic rings. The van der Waals surface area contributed by atoms with Crippen molar-refractivity contribution in [1.29, 1.82) is 0 Å². The molecule has 5 heteroatoms. The second kappa shape index (κ2) is 6.24. The van der Waals surface area contributed by atoms with Crippen molar-refractivity contribution in [1.82, 2.24) is 0 Å². The van der Waals surface area contributed by atoms with E-state index >= 15 is 0 Å². The van der Waals surface area contributed by atoms with E-state index in [0.717, 1.165) is 13.6 Å². The SMILES string of the molecule is Cc1cc(Br)c(NC(=O)c2ccc(I)cc2)cc1Cl. The van der Waals surface area contributed by atoms with Crippen molar-refractivity contribution >= 4 is 61.7 Å². The summed E-state index contributed by atoms with van der Waals surface area (Å²) in [7, 11) is 0. The molecule has 0 radical (unpaired) electrons. The number of hydrogen-bond donors (Lipinski definition) is 1. The summed E-state index contributed by atoms with van der Waals surface area (Å²) in [6, 6.07) is 11.0. The fraction of sp³-hybridized carbons (Fsp3) is 0.0714. The van der Waals surface area contributed by atoms with E-state index in [1.807, 2.05) is 25.1 Å². The number of nitrogens with one attached hydrogen (secondary N) is 1. The molecule has 1 N–H and O–H groups in total. The number of amides is 1. The van der Waals surface area contributed by atoms with Gasteiger partial charge in [-0.15, -0.1) is 0 Å². The monoisotopic (exact) mass is 449 g/mol. The molecule has 0 bridgehead atoms. The molecule has 0 aliphatic rings. The number of hydrogen-bond acceptors (Lipinski definition) is 1. The van der Waals surface area contributed by atoms with Crippen LogP contribution in [0.5, 0.6) is 0 Å². The van der Waals surface area contributed by atoms with Gasteiger partial charge in [-0.1, -0.05) is 11.6 Å². The molecule has 0 spiro atoms. The Labute approximate surface area is 138 Å². The second-order valence-electron chi connectivity index (χ2n) is 4.04. The zero-order valence-electron chi connectivity index (χ0n) is 10.0. The molecule has 2 nitrogen and oxygen atoms in total. The minimum Gasteiger partial charge on any atom is -0.321 e. The fourth-order valence-electron chi connectivity index (χ4n) is 1.54. The number of anilines is 1. The van der Waals surface area contributed by atoms with Crippen molar-refractivity contribution in [3.63, 3.8) is 0 Å². The minimum atomic E-state index is -0.156. The van der Waals surface area contributed by atoms with Gasteiger partial charge in [-0.2, -0.15) is 0 Å². The number of aryl methyl sites for hydroxylation is 1. The highest BCUT2D eigenvalue weighted by molar-refractivity contribution is 14.1. The van der Waals surface area contributed by atoms with Gasteiger partial charge >= 0.3 is 0 Å². The van der Waals surface area contributed by atoms with Crippen LogP contribution in [0.1, 0.15) is 15.9 Å². The summed E-state index contributed by atoms with van der Waals surface area (Å²) < 4.78 is 1.90. The minimum absolute atomic E-state index is 0.156. The summed E-state index contributed by atoms with van der Waals surface area (Å²) in [6.45, 7) is 1.91. The van der Waals surface area contributed by atoms with Gasteiger partial charge in [0.2, 0.25) is 0 Å². The molecule has 1 amide bonds. The molecule has 98 valence electrons. The van der Waals surface area contributed by atoms with Crippen LogP contribution in [0.15, 0.2) is 40.9 Å². The predicted octanol–water partition coefficient (Wildman–Crippen LogP) is 5.27. The summed E-state index contributed by atoms with van der Waals surface area (Å²) in [5, 5.41) is 3.47. The maximum absolute atomic E-state index is 12.1. The van der Waals surface area contributed by atoms with Crippen LogP contribution in [-0.2, 0) is 0 Å². The summed E-state index contributed by atoms with van der Waals surface area (Å²) in [6.07, 6.45) is 0. The number of carbonyl (C=O) groups is 1. The average Bonchev–Trinajstić information content (AvgIpc) is 2.36. The van der Waals surface area contributed by atoms with Crippen LogP contribution in [0.4, 0.5) is 5.69 Å². The Kier molecular flexibility index (Phi) is 4.86. The molecule has 0 saturated heterocycles. The number of rotatable bonds is 2. The third-order valence-electron chi connectivity index (χ3n) is 2.60. The van der Waals surface area contributed by atoms with Crippen molar-refractivity contribution in [3.05, 3.63) is 60.6 Å². The largest absolute Gasteiger partial charge is 0.321 e. The molecule has 2 aromatic carbocycles. The highest BCUT2D eigenvalue weighted by Crippen LogP contribution is 2.29. The topological polar surface area (TPSA) is 29.1 Å². The quantitative estimate of drug-likeness (QED) is 0.621. The smallest absolute Gasteiger partial charge is 0.255 e. The van der Waals surface area contributed by atoms with E-state index in [2.05, 4.69) is 43.8 Å². The van der Waals surface area contributed by atoms with Gasteiger partial charge in [0, 0.05) is 18.6 Å². The van der Waals surface area contributed by atoms with Crippen molar-refractivity contribution in [2.45, 2.75) is 6.92 Å². The Balaban J connectivity index is 2.24. The molecular formula is C14H10BrClINO. The molecule has 2 rings (SSSR count). The summed E-state index contributed by atoms with van der Waals surface area (Å²) >= 11 is 11.7. The Hall–Kier alpha value is -0.590. The van der Waals surface area contributed by atoms with Crippen LogP contribution in [0, 0.1) is 10.5 Å². The lowest BCUT2D eigenvalue weighted by Gasteiger charge is -2.09. The highest BCUT2D eigenvalue weighted by Gasteiger charge is 2.10. The van der Waals surface area contributed by atoms with E-state index in [9.17, 15) is 4.79 Å². The van der Waals surface area contributed by atoms with Crippen LogP contribution in [0.3, 0.4) is 0 Å². The zero-order valence-corrected chi connectivity index (χ0v) is 14.5. The van der Waals surface area contributed by atoms with Crippen LogP contribution < -0.4 is 5.32 Å². The van der Waals surface area contributed by atoms with Gasteiger partial charge in [-0.3, -0.25) is 4.79 Å². The van der Waals surface area contributed by atoms with E-state index in [1.165, 1.54) is 0 Å². The molecule has 0 fully saturated rings. The maximum atomic E-state index is 12.1. The van der Waals surface area contributed by atoms with Gasteiger partial charge in [0.05, 0.1) is 5.69 Å². The molecule has 0 aromatic heterocycles. The lowest BCUT2D eigenvalue weighted by molar-refractivity contribution is 0.102. The Morgan fingerprint density at radius 1 is 1.26 bits per heavy atom. The van der Waals surface area contributed by atoms with Crippen molar-refractivity contribution < 1.29 is 4.79 Å². The lowest BCUT2D eigenvalue weighted by Crippen LogP contribution is -2.12. The molecule has 0 aliphatic heterocycles. The summed E-state index contributed by atoms with van der Waals surface area (Å²) in [5.74, 6) is -0.156. The molecule has 0 saturated carbocycles. The molecule has 0 heterocycles. The third kappa shape index (κ3) is 3.70. The van der Waals surface area contributed by atoms with Crippen LogP contribution >= 0.6 is 50.1 Å². The van der Waals surface area contributed by atoms with E-state index in [-0.39, 0.29) is 5.91 Å². The Morgan fingerprint density at radius 2 is 1.89 bits per heavy atom. The molecule has 0 atom stereocenters. The molecule has 0 aliphatic carbocycles. The van der Waals surface area contributed by atoms with Crippen molar-refractivity contribution in [3.8, 4) is 0 Å². The van der Waals surface area contributed by atoms with E-state index in [0.29, 0.717) is 16.3 Å². The van der Waals surface area contributed by atoms with E-state index < -0.39 is 0 Å². The van der Waals surface area contributed by atoms with Gasteiger partial charge in [-0.05, 0) is 87.4 Å². The van der Waals surface area contributed by atoms with Crippen molar-refractivity contribution in [2.24, 2.45) is 0 Å². The number of benzene rings is 2. The first-order valence-electron chi connectivity index (χ1n) is 5.50. The van der Waals surface area contributed by atoms with E-state index in [1.54, 1.807) is 18.2 Å². The lowest BCUT2D eigenvalue weighted by atomic mass is 10.2. The van der Waals surface area contributed by atoms with Crippen LogP contribution in [-0.4, -0.2) is 5.91 Å². The first-order valence-corrected chi connectivity index (χ1v) is 7.75. The van der Waals surface area contributed by atoms with Crippen LogP contribution in [0.2, 0.25) is 5.02 Å². The normalized spacial score (nSPS) is 10.3. The standard InChI is InChI=1S/C14H10BrClINO/c1-8-6-11(15)13(7-12(8)16)18-14(19)9-2-4-10(17)5-3-9/h2-7H,1H3,(H,18,19). The fourth-order valence-corrected chi connectivity index (χ4v) is 2.62. The average molecular weight is 451 g/mol. The first kappa shape index (κ1) is 14.8. The highest BCUT2D eigenvalue weighted by atomic mass is 127. The van der Waals surface area contributed by atoms with Gasteiger partial charge < -0.3 is 5.32 Å². The second-order valence-corrected chi connectivity index (χ2v) is 6.55. The van der Waals surface area contributed by atoms with Gasteiger partial charge in [0.25, 0.3) is 5.91 Å². The Morgan fingerprint density at radius 3 is 2.53 bits per heavy atom. The molecule has 0 unspecified atom stereocenters. The number of halogens is 3. The maximum Gasteiger partial charge on any atom is 0.255 e. The predicted molar refractivity (Wildman–Crippen MR) is 91.0 cm³/mol. The van der Waals surface area contributed by atoms with Crippen molar-refractivity contribution in [2.75, 3.05) is 5.32 Å². The van der Waals surface area contributed by atoms with E-state index in [4.69, 9.17) is 11.6 Å². The van der Waals surface area contributed by atoms with Crippen LogP contribution in [0.25, 0.3) is 0 Å². The molecular weight excluding hydrogens is 440 g/mol. The first-order chi connectivity index (χ1) is 8.97. The number of carbonyl (C=O) groups excluding carboxylic acids is 1. The van der Waals surface area contributed by atoms with Gasteiger partial charge in [0.1, 0.15) is 0 Å². The zero-order chi connectivity index (χ0) is 14.0. The molecule has 19 heavy (non-hydrogen) atoms. The summed E-state index contributed by atoms with van der Waals surface area (Å²) in [4.78, 5) is 12.1. The Bertz CT molecular complexity index is 628. The van der Waals surface area contributed by atoms with Gasteiger partial charge in [-0.25, -0.2) is 0 Å². The summed E-state index contributed by atoms with van der Waals surface area (Å²) in [5.41, 5.74) is 2.24.